The van der Waals surface area contributed by atoms with Crippen LogP contribution in [0.5, 0.6) is 0 Å². The van der Waals surface area contributed by atoms with Crippen molar-refractivity contribution in [1.82, 2.24) is 14.0 Å². The molecule has 0 radical (unpaired) electrons. The number of hydrogen-bond acceptors (Lipinski definition) is 5. The van der Waals surface area contributed by atoms with Gasteiger partial charge in [-0.25, -0.2) is 4.79 Å². The van der Waals surface area contributed by atoms with E-state index in [-0.39, 0.29) is 11.2 Å². The van der Waals surface area contributed by atoms with Gasteiger partial charge in [-0.05, 0) is 13.0 Å². The molecular formula is C13H22N4O3. The third-order valence-corrected chi connectivity index (χ3v) is 3.59. The Hall–Kier alpha value is -1.60. The summed E-state index contributed by atoms with van der Waals surface area (Å²) >= 11 is 0. The second-order valence-electron chi connectivity index (χ2n) is 5.00. The Bertz CT molecular complexity index is 558. The average molecular weight is 282 g/mol. The Morgan fingerprint density at radius 2 is 1.90 bits per heavy atom. The van der Waals surface area contributed by atoms with Crippen LogP contribution in [-0.4, -0.2) is 53.4 Å². The third-order valence-electron chi connectivity index (χ3n) is 3.59. The fraction of sp³-hybridized carbons (Fsp3) is 0.692. The molecule has 0 saturated carbocycles. The SMILES string of the molecule is Cn1c(NCCCN2CCOCC2)cc(=O)n(C)c1=O. The van der Waals surface area contributed by atoms with Crippen molar-refractivity contribution in [2.24, 2.45) is 14.1 Å². The fourth-order valence-corrected chi connectivity index (χ4v) is 2.25. The van der Waals surface area contributed by atoms with Crippen LogP contribution in [0.2, 0.25) is 0 Å². The van der Waals surface area contributed by atoms with Gasteiger partial charge >= 0.3 is 5.69 Å². The van der Waals surface area contributed by atoms with Crippen LogP contribution >= 0.6 is 0 Å². The molecule has 2 heterocycles. The molecule has 7 heteroatoms. The van der Waals surface area contributed by atoms with Crippen molar-refractivity contribution < 1.29 is 4.74 Å². The van der Waals surface area contributed by atoms with Gasteiger partial charge in [-0.15, -0.1) is 0 Å². The van der Waals surface area contributed by atoms with Crippen LogP contribution < -0.4 is 16.6 Å². The molecule has 0 unspecified atom stereocenters. The topological polar surface area (TPSA) is 68.5 Å². The van der Waals surface area contributed by atoms with E-state index < -0.39 is 0 Å². The Kier molecular flexibility index (Phi) is 4.97. The number of nitrogens with zero attached hydrogens (tertiary/aromatic N) is 3. The summed E-state index contributed by atoms with van der Waals surface area (Å²) in [5.74, 6) is 0.570. The zero-order valence-corrected chi connectivity index (χ0v) is 12.1. The molecule has 1 aromatic rings. The number of nitrogens with one attached hydrogen (secondary N) is 1. The van der Waals surface area contributed by atoms with Crippen molar-refractivity contribution in [1.29, 1.82) is 0 Å². The molecule has 1 aromatic heterocycles. The van der Waals surface area contributed by atoms with E-state index in [9.17, 15) is 9.59 Å². The van der Waals surface area contributed by atoms with E-state index in [1.165, 1.54) is 17.7 Å². The molecule has 0 amide bonds. The lowest BCUT2D eigenvalue weighted by atomic mass is 10.3. The van der Waals surface area contributed by atoms with Crippen LogP contribution in [0.15, 0.2) is 15.7 Å². The number of aromatic nitrogens is 2. The summed E-state index contributed by atoms with van der Waals surface area (Å²) in [5, 5.41) is 3.15. The molecule has 0 aliphatic carbocycles. The van der Waals surface area contributed by atoms with Crippen LogP contribution in [0.3, 0.4) is 0 Å². The Morgan fingerprint density at radius 1 is 1.20 bits per heavy atom. The van der Waals surface area contributed by atoms with Crippen molar-refractivity contribution in [2.75, 3.05) is 44.7 Å². The van der Waals surface area contributed by atoms with E-state index in [2.05, 4.69) is 10.2 Å². The molecule has 0 spiro atoms. The van der Waals surface area contributed by atoms with E-state index >= 15 is 0 Å². The molecule has 0 atom stereocenters. The van der Waals surface area contributed by atoms with Gasteiger partial charge in [0.05, 0.1) is 13.2 Å². The largest absolute Gasteiger partial charge is 0.379 e. The molecule has 112 valence electrons. The van der Waals surface area contributed by atoms with Crippen LogP contribution in [0.25, 0.3) is 0 Å². The summed E-state index contributed by atoms with van der Waals surface area (Å²) in [6, 6.07) is 1.45. The number of morpholine rings is 1. The number of ether oxygens (including phenoxy) is 1. The van der Waals surface area contributed by atoms with Crippen molar-refractivity contribution in [2.45, 2.75) is 6.42 Å². The standard InChI is InChI=1S/C13H22N4O3/c1-15-11(10-12(18)16(2)13(15)19)14-4-3-5-17-6-8-20-9-7-17/h10,14H,3-9H2,1-2H3. The quantitative estimate of drug-likeness (QED) is 0.718. The van der Waals surface area contributed by atoms with Gasteiger partial charge in [0.2, 0.25) is 0 Å². The maximum absolute atomic E-state index is 11.8. The van der Waals surface area contributed by atoms with Gasteiger partial charge in [-0.1, -0.05) is 0 Å². The van der Waals surface area contributed by atoms with Gasteiger partial charge in [0.25, 0.3) is 5.56 Å². The second kappa shape index (κ2) is 6.71. The molecule has 2 rings (SSSR count). The molecular weight excluding hydrogens is 260 g/mol. The van der Waals surface area contributed by atoms with Crippen molar-refractivity contribution >= 4 is 5.82 Å². The molecule has 7 nitrogen and oxygen atoms in total. The zero-order chi connectivity index (χ0) is 14.5. The number of anilines is 1. The van der Waals surface area contributed by atoms with Gasteiger partial charge < -0.3 is 10.1 Å². The first-order valence-electron chi connectivity index (χ1n) is 6.90. The smallest absolute Gasteiger partial charge is 0.332 e. The van der Waals surface area contributed by atoms with Crippen LogP contribution in [0, 0.1) is 0 Å². The molecule has 1 aliphatic rings. The Balaban J connectivity index is 1.85. The van der Waals surface area contributed by atoms with Crippen LogP contribution in [0.4, 0.5) is 5.82 Å². The monoisotopic (exact) mass is 282 g/mol. The maximum Gasteiger partial charge on any atom is 0.332 e. The highest BCUT2D eigenvalue weighted by atomic mass is 16.5. The highest BCUT2D eigenvalue weighted by Crippen LogP contribution is 2.01. The lowest BCUT2D eigenvalue weighted by molar-refractivity contribution is 0.0378. The summed E-state index contributed by atoms with van der Waals surface area (Å²) in [7, 11) is 3.14. The first kappa shape index (κ1) is 14.8. The Morgan fingerprint density at radius 3 is 2.60 bits per heavy atom. The number of hydrogen-bond donors (Lipinski definition) is 1. The normalized spacial score (nSPS) is 16.3. The van der Waals surface area contributed by atoms with Crippen molar-refractivity contribution in [3.63, 3.8) is 0 Å². The lowest BCUT2D eigenvalue weighted by Gasteiger charge is -2.26. The highest BCUT2D eigenvalue weighted by molar-refractivity contribution is 5.33. The molecule has 1 fully saturated rings. The zero-order valence-electron chi connectivity index (χ0n) is 12.1. The van der Waals surface area contributed by atoms with E-state index in [0.29, 0.717) is 5.82 Å². The predicted octanol–water partition coefficient (Wildman–Crippen LogP) is -0.782. The van der Waals surface area contributed by atoms with Gasteiger partial charge in [0, 0.05) is 39.8 Å². The molecule has 1 saturated heterocycles. The second-order valence-corrected chi connectivity index (χ2v) is 5.00. The van der Waals surface area contributed by atoms with Gasteiger partial charge in [0.1, 0.15) is 5.82 Å². The van der Waals surface area contributed by atoms with E-state index in [1.54, 1.807) is 7.05 Å². The van der Waals surface area contributed by atoms with Gasteiger partial charge in [-0.2, -0.15) is 0 Å². The summed E-state index contributed by atoms with van der Waals surface area (Å²) in [5.41, 5.74) is -0.600. The minimum Gasteiger partial charge on any atom is -0.379 e. The van der Waals surface area contributed by atoms with Crippen molar-refractivity contribution in [3.8, 4) is 0 Å². The molecule has 1 aliphatic heterocycles. The van der Waals surface area contributed by atoms with E-state index in [4.69, 9.17) is 4.74 Å². The summed E-state index contributed by atoms with van der Waals surface area (Å²) in [4.78, 5) is 25.7. The minimum absolute atomic E-state index is 0.288. The molecule has 0 bridgehead atoms. The van der Waals surface area contributed by atoms with Gasteiger partial charge in [-0.3, -0.25) is 18.8 Å². The molecule has 1 N–H and O–H groups in total. The summed E-state index contributed by atoms with van der Waals surface area (Å²) in [6.07, 6.45) is 0.962. The Labute approximate surface area is 117 Å². The molecule has 20 heavy (non-hydrogen) atoms. The van der Waals surface area contributed by atoms with Gasteiger partial charge in [0.15, 0.2) is 0 Å². The lowest BCUT2D eigenvalue weighted by Crippen LogP contribution is -2.38. The summed E-state index contributed by atoms with van der Waals surface area (Å²) < 4.78 is 7.85. The van der Waals surface area contributed by atoms with E-state index in [1.807, 2.05) is 0 Å². The van der Waals surface area contributed by atoms with Crippen LogP contribution in [-0.2, 0) is 18.8 Å². The van der Waals surface area contributed by atoms with E-state index in [0.717, 1.165) is 50.4 Å². The number of rotatable bonds is 5. The average Bonchev–Trinajstić information content (AvgIpc) is 2.47. The molecule has 0 aromatic carbocycles. The first-order valence-corrected chi connectivity index (χ1v) is 6.90. The fourth-order valence-electron chi connectivity index (χ4n) is 2.25. The van der Waals surface area contributed by atoms with Crippen molar-refractivity contribution in [3.05, 3.63) is 26.9 Å². The highest BCUT2D eigenvalue weighted by Gasteiger charge is 2.09. The third kappa shape index (κ3) is 3.49. The first-order chi connectivity index (χ1) is 9.59. The summed E-state index contributed by atoms with van der Waals surface area (Å²) in [6.45, 7) is 5.29. The maximum atomic E-state index is 11.8. The van der Waals surface area contributed by atoms with Crippen LogP contribution in [0.1, 0.15) is 6.42 Å². The minimum atomic E-state index is -0.312. The predicted molar refractivity (Wildman–Crippen MR) is 77.3 cm³/mol.